The van der Waals surface area contributed by atoms with Crippen molar-refractivity contribution in [1.29, 1.82) is 0 Å². The molecular formula is C20H20O4. The molecule has 0 unspecified atom stereocenters. The van der Waals surface area contributed by atoms with Crippen molar-refractivity contribution in [2.24, 2.45) is 5.41 Å². The van der Waals surface area contributed by atoms with Crippen molar-refractivity contribution in [2.75, 3.05) is 7.11 Å². The maximum absolute atomic E-state index is 12.7. The van der Waals surface area contributed by atoms with Crippen molar-refractivity contribution in [3.8, 4) is 5.75 Å². The number of rotatable bonds is 3. The molecule has 2 aliphatic carbocycles. The Balaban J connectivity index is 2.37. The third-order valence-electron chi connectivity index (χ3n) is 5.22. The lowest BCUT2D eigenvalue weighted by atomic mass is 9.55. The largest absolute Gasteiger partial charge is 0.504 e. The molecule has 0 saturated heterocycles. The normalized spacial score (nSPS) is 28.5. The third-order valence-corrected chi connectivity index (χ3v) is 5.22. The Kier molecular flexibility index (Phi) is 3.52. The standard InChI is InChI=1S/C20H20O4/c1-5-9-20(3)15(21)8-10-19(2)14-11-12(24-4)6-7-13(14)16(22)17(23)18(19)20/h5-8,10-11,23H,1,9H2,2-4H3/t19-,20-/m1/s1. The van der Waals surface area contributed by atoms with Crippen LogP contribution in [0.3, 0.4) is 0 Å². The number of ether oxygens (including phenoxy) is 1. The first-order chi connectivity index (χ1) is 11.3. The second-order valence-corrected chi connectivity index (χ2v) is 6.69. The van der Waals surface area contributed by atoms with Crippen molar-refractivity contribution < 1.29 is 19.4 Å². The van der Waals surface area contributed by atoms with Gasteiger partial charge in [-0.1, -0.05) is 12.2 Å². The van der Waals surface area contributed by atoms with E-state index in [0.717, 1.165) is 5.56 Å². The molecule has 4 heteroatoms. The fourth-order valence-corrected chi connectivity index (χ4v) is 3.95. The predicted octanol–water partition coefficient (Wildman–Crippen LogP) is 3.68. The van der Waals surface area contributed by atoms with Gasteiger partial charge < -0.3 is 9.84 Å². The molecule has 2 atom stereocenters. The lowest BCUT2D eigenvalue weighted by Crippen LogP contribution is -2.46. The number of allylic oxidation sites excluding steroid dienone is 5. The molecule has 0 spiro atoms. The summed E-state index contributed by atoms with van der Waals surface area (Å²) in [5, 5.41) is 10.7. The smallest absolute Gasteiger partial charge is 0.227 e. The minimum absolute atomic E-state index is 0.138. The highest BCUT2D eigenvalue weighted by atomic mass is 16.5. The number of benzene rings is 1. The zero-order valence-corrected chi connectivity index (χ0v) is 14.1. The van der Waals surface area contributed by atoms with Crippen molar-refractivity contribution in [2.45, 2.75) is 25.7 Å². The number of fused-ring (bicyclic) bond motifs is 3. The molecule has 124 valence electrons. The topological polar surface area (TPSA) is 63.6 Å². The average Bonchev–Trinajstić information content (AvgIpc) is 2.56. The number of carbonyl (C=O) groups is 2. The third kappa shape index (κ3) is 1.92. The van der Waals surface area contributed by atoms with Crippen molar-refractivity contribution >= 4 is 11.6 Å². The van der Waals surface area contributed by atoms with Crippen LogP contribution >= 0.6 is 0 Å². The van der Waals surface area contributed by atoms with Crippen LogP contribution in [0.5, 0.6) is 5.75 Å². The highest BCUT2D eigenvalue weighted by Gasteiger charge is 2.53. The van der Waals surface area contributed by atoms with Gasteiger partial charge >= 0.3 is 0 Å². The van der Waals surface area contributed by atoms with E-state index in [2.05, 4.69) is 6.58 Å². The number of aliphatic hydroxyl groups excluding tert-OH is 1. The molecule has 0 aliphatic heterocycles. The van der Waals surface area contributed by atoms with Gasteiger partial charge in [0.2, 0.25) is 5.78 Å². The molecule has 0 heterocycles. The molecule has 0 radical (unpaired) electrons. The minimum Gasteiger partial charge on any atom is -0.504 e. The number of ketones is 2. The SMILES string of the molecule is C=CC[C@]1(C)C(=O)C=C[C@@]2(C)C1=C(O)C(=O)c1ccc(OC)cc12. The Morgan fingerprint density at radius 1 is 1.29 bits per heavy atom. The molecule has 0 saturated carbocycles. The van der Waals surface area contributed by atoms with Crippen LogP contribution in [0.1, 0.15) is 36.2 Å². The monoisotopic (exact) mass is 324 g/mol. The molecule has 1 N–H and O–H groups in total. The molecular weight excluding hydrogens is 304 g/mol. The van der Waals surface area contributed by atoms with E-state index >= 15 is 0 Å². The van der Waals surface area contributed by atoms with Crippen molar-refractivity contribution in [3.05, 3.63) is 65.5 Å². The van der Waals surface area contributed by atoms with E-state index in [1.807, 2.05) is 6.92 Å². The van der Waals surface area contributed by atoms with Crippen LogP contribution in [0.15, 0.2) is 54.3 Å². The van der Waals surface area contributed by atoms with Crippen LogP contribution in [-0.4, -0.2) is 23.8 Å². The number of carbonyl (C=O) groups excluding carboxylic acids is 2. The van der Waals surface area contributed by atoms with Crippen LogP contribution < -0.4 is 4.74 Å². The highest BCUT2D eigenvalue weighted by molar-refractivity contribution is 6.13. The van der Waals surface area contributed by atoms with Gasteiger partial charge in [0, 0.05) is 16.6 Å². The molecule has 2 aliphatic rings. The number of hydrogen-bond donors (Lipinski definition) is 1. The van der Waals surface area contributed by atoms with Crippen LogP contribution in [0.25, 0.3) is 0 Å². The van der Waals surface area contributed by atoms with E-state index in [1.54, 1.807) is 50.5 Å². The Labute approximate surface area is 141 Å². The first-order valence-corrected chi connectivity index (χ1v) is 7.81. The summed E-state index contributed by atoms with van der Waals surface area (Å²) in [5.41, 5.74) is -0.148. The second kappa shape index (κ2) is 5.20. The zero-order valence-electron chi connectivity index (χ0n) is 14.1. The summed E-state index contributed by atoms with van der Waals surface area (Å²) in [7, 11) is 1.56. The lowest BCUT2D eigenvalue weighted by molar-refractivity contribution is -0.122. The van der Waals surface area contributed by atoms with Gasteiger partial charge in [0.1, 0.15) is 5.75 Å². The Morgan fingerprint density at radius 3 is 2.62 bits per heavy atom. The van der Waals surface area contributed by atoms with Crippen LogP contribution in [0, 0.1) is 5.41 Å². The summed E-state index contributed by atoms with van der Waals surface area (Å²) in [5.74, 6) is -0.310. The summed E-state index contributed by atoms with van der Waals surface area (Å²) >= 11 is 0. The van der Waals surface area contributed by atoms with E-state index in [4.69, 9.17) is 4.74 Å². The Morgan fingerprint density at radius 2 is 2.00 bits per heavy atom. The van der Waals surface area contributed by atoms with Crippen molar-refractivity contribution in [1.82, 2.24) is 0 Å². The zero-order chi connectivity index (χ0) is 17.7. The Hall–Kier alpha value is -2.62. The van der Waals surface area contributed by atoms with Gasteiger partial charge in [-0.2, -0.15) is 0 Å². The molecule has 3 rings (SSSR count). The van der Waals surface area contributed by atoms with Gasteiger partial charge in [0.15, 0.2) is 11.5 Å². The van der Waals surface area contributed by atoms with E-state index in [-0.39, 0.29) is 11.5 Å². The molecule has 1 aromatic carbocycles. The first-order valence-electron chi connectivity index (χ1n) is 7.81. The molecule has 0 aromatic heterocycles. The summed E-state index contributed by atoms with van der Waals surface area (Å²) in [4.78, 5) is 25.3. The highest BCUT2D eigenvalue weighted by Crippen LogP contribution is 2.54. The van der Waals surface area contributed by atoms with Crippen LogP contribution in [0.4, 0.5) is 0 Å². The summed E-state index contributed by atoms with van der Waals surface area (Å²) in [6.45, 7) is 7.39. The molecule has 1 aromatic rings. The molecule has 4 nitrogen and oxygen atoms in total. The van der Waals surface area contributed by atoms with Gasteiger partial charge in [0.05, 0.1) is 12.5 Å². The van der Waals surface area contributed by atoms with Crippen LogP contribution in [0.2, 0.25) is 0 Å². The van der Waals surface area contributed by atoms with E-state index in [0.29, 0.717) is 23.3 Å². The van der Waals surface area contributed by atoms with E-state index in [9.17, 15) is 14.7 Å². The van der Waals surface area contributed by atoms with Gasteiger partial charge in [-0.3, -0.25) is 9.59 Å². The van der Waals surface area contributed by atoms with Crippen LogP contribution in [-0.2, 0) is 10.2 Å². The summed E-state index contributed by atoms with van der Waals surface area (Å²) in [6, 6.07) is 5.15. The summed E-state index contributed by atoms with van der Waals surface area (Å²) in [6.07, 6.45) is 5.29. The number of aliphatic hydroxyl groups is 1. The number of methoxy groups -OCH3 is 1. The molecule has 24 heavy (non-hydrogen) atoms. The van der Waals surface area contributed by atoms with Gasteiger partial charge in [-0.05, 0) is 50.1 Å². The van der Waals surface area contributed by atoms with Crippen molar-refractivity contribution in [3.63, 3.8) is 0 Å². The Bertz CT molecular complexity index is 830. The fraction of sp³-hybridized carbons (Fsp3) is 0.300. The quantitative estimate of drug-likeness (QED) is 0.862. The maximum Gasteiger partial charge on any atom is 0.227 e. The number of Topliss-reactive ketones (excluding diaryl/α,β-unsaturated/α-hetero) is 1. The van der Waals surface area contributed by atoms with E-state index < -0.39 is 16.6 Å². The fourth-order valence-electron chi connectivity index (χ4n) is 3.95. The summed E-state index contributed by atoms with van der Waals surface area (Å²) < 4.78 is 5.29. The average molecular weight is 324 g/mol. The molecule has 0 fully saturated rings. The van der Waals surface area contributed by atoms with Gasteiger partial charge in [0.25, 0.3) is 0 Å². The predicted molar refractivity (Wildman–Crippen MR) is 91.4 cm³/mol. The second-order valence-electron chi connectivity index (χ2n) is 6.69. The van der Waals surface area contributed by atoms with E-state index in [1.165, 1.54) is 0 Å². The first kappa shape index (κ1) is 16.2. The van der Waals surface area contributed by atoms with Gasteiger partial charge in [-0.15, -0.1) is 6.58 Å². The number of hydrogen-bond acceptors (Lipinski definition) is 4. The minimum atomic E-state index is -0.994. The molecule has 0 bridgehead atoms. The maximum atomic E-state index is 12.7. The molecule has 0 amide bonds. The lowest BCUT2D eigenvalue weighted by Gasteiger charge is -2.46. The van der Waals surface area contributed by atoms with Gasteiger partial charge in [-0.25, -0.2) is 0 Å².